The lowest BCUT2D eigenvalue weighted by Crippen LogP contribution is -2.45. The van der Waals surface area contributed by atoms with Gasteiger partial charge in [0.1, 0.15) is 12.6 Å². The van der Waals surface area contributed by atoms with Crippen LogP contribution in [0.3, 0.4) is 0 Å². The number of carbonyl (C=O) groups is 1. The minimum atomic E-state index is -4.79. The normalized spacial score (nSPS) is 15.4. The monoisotopic (exact) mass is 633 g/mol. The van der Waals surface area contributed by atoms with Gasteiger partial charge in [0.25, 0.3) is 5.91 Å². The fraction of sp³-hybridized carbons (Fsp3) is 0.226. The molecule has 2 atom stereocenters. The van der Waals surface area contributed by atoms with E-state index in [-0.39, 0.29) is 23.5 Å². The highest BCUT2D eigenvalue weighted by atomic mass is 32.2. The van der Waals surface area contributed by atoms with Crippen LogP contribution in [0, 0.1) is 0 Å². The summed E-state index contributed by atoms with van der Waals surface area (Å²) >= 11 is 1.20. The summed E-state index contributed by atoms with van der Waals surface area (Å²) < 4.78 is 89.3. The number of halogens is 6. The van der Waals surface area contributed by atoms with Crippen molar-refractivity contribution < 1.29 is 35.9 Å². The summed E-state index contributed by atoms with van der Waals surface area (Å²) in [5.41, 5.74) is 2.28. The molecule has 2 heterocycles. The number of thioether (sulfide) groups is 1. The SMILES string of the molecule is C[C@@H](NC(=O)c1c(OCc2ccccc2)c(=O)ccn1NC1c2ccccc2SCc2c1cccc2C(F)(F)F)C(F)(F)F. The first-order valence-electron chi connectivity index (χ1n) is 13.3. The van der Waals surface area contributed by atoms with Gasteiger partial charge in [0.15, 0.2) is 11.4 Å². The summed E-state index contributed by atoms with van der Waals surface area (Å²) in [4.78, 5) is 27.1. The lowest BCUT2D eigenvalue weighted by Gasteiger charge is -2.27. The molecule has 0 fully saturated rings. The molecule has 1 aliphatic heterocycles. The predicted molar refractivity (Wildman–Crippen MR) is 153 cm³/mol. The summed E-state index contributed by atoms with van der Waals surface area (Å²) in [6.45, 7) is 0.560. The Balaban J connectivity index is 1.65. The number of nitrogens with zero attached hydrogens (tertiary/aromatic N) is 1. The van der Waals surface area contributed by atoms with E-state index in [9.17, 15) is 35.9 Å². The molecule has 44 heavy (non-hydrogen) atoms. The van der Waals surface area contributed by atoms with Crippen LogP contribution in [0.1, 0.15) is 51.3 Å². The van der Waals surface area contributed by atoms with Gasteiger partial charge in [-0.15, -0.1) is 11.8 Å². The Bertz CT molecular complexity index is 1720. The molecule has 6 nitrogen and oxygen atoms in total. The van der Waals surface area contributed by atoms with E-state index in [1.165, 1.54) is 23.9 Å². The molecule has 4 aromatic rings. The molecule has 1 aromatic heterocycles. The van der Waals surface area contributed by atoms with Crippen LogP contribution in [0.4, 0.5) is 26.3 Å². The Morgan fingerprint density at radius 1 is 0.955 bits per heavy atom. The number of amides is 1. The van der Waals surface area contributed by atoms with Gasteiger partial charge >= 0.3 is 12.4 Å². The summed E-state index contributed by atoms with van der Waals surface area (Å²) in [6.07, 6.45) is -8.31. The largest absolute Gasteiger partial charge is 0.482 e. The molecule has 13 heteroatoms. The Morgan fingerprint density at radius 2 is 1.64 bits per heavy atom. The third-order valence-corrected chi connectivity index (χ3v) is 8.15. The molecular formula is C31H25F6N3O3S. The minimum Gasteiger partial charge on any atom is -0.482 e. The summed E-state index contributed by atoms with van der Waals surface area (Å²) in [6, 6.07) is 17.0. The highest BCUT2D eigenvalue weighted by molar-refractivity contribution is 7.98. The Labute approximate surface area is 252 Å². The highest BCUT2D eigenvalue weighted by Gasteiger charge is 2.39. The van der Waals surface area contributed by atoms with E-state index >= 15 is 0 Å². The van der Waals surface area contributed by atoms with Crippen LogP contribution in [-0.4, -0.2) is 22.8 Å². The number of fused-ring (bicyclic) bond motifs is 2. The van der Waals surface area contributed by atoms with Crippen molar-refractivity contribution >= 4 is 17.7 Å². The number of ether oxygens (including phenoxy) is 1. The molecule has 1 amide bonds. The van der Waals surface area contributed by atoms with Gasteiger partial charge in [-0.1, -0.05) is 60.7 Å². The average Bonchev–Trinajstić information content (AvgIpc) is 3.13. The summed E-state index contributed by atoms with van der Waals surface area (Å²) in [5.74, 6) is -1.81. The molecule has 1 unspecified atom stereocenters. The van der Waals surface area contributed by atoms with E-state index in [0.717, 1.165) is 29.9 Å². The van der Waals surface area contributed by atoms with E-state index in [4.69, 9.17) is 4.74 Å². The van der Waals surface area contributed by atoms with Gasteiger partial charge in [0, 0.05) is 22.9 Å². The topological polar surface area (TPSA) is 72.4 Å². The zero-order valence-electron chi connectivity index (χ0n) is 23.0. The van der Waals surface area contributed by atoms with Gasteiger partial charge in [0.2, 0.25) is 5.43 Å². The summed E-state index contributed by atoms with van der Waals surface area (Å²) in [5, 5.41) is 1.86. The van der Waals surface area contributed by atoms with Crippen molar-refractivity contribution in [2.45, 2.75) is 48.6 Å². The number of rotatable bonds is 7. The number of aromatic nitrogens is 1. The van der Waals surface area contributed by atoms with Gasteiger partial charge in [0.05, 0.1) is 11.6 Å². The second kappa shape index (κ2) is 12.3. The van der Waals surface area contributed by atoms with Crippen molar-refractivity contribution in [3.05, 3.63) is 129 Å². The zero-order chi connectivity index (χ0) is 31.6. The number of hydrogen-bond acceptors (Lipinski definition) is 5. The van der Waals surface area contributed by atoms with Crippen molar-refractivity contribution in [3.63, 3.8) is 0 Å². The third-order valence-electron chi connectivity index (χ3n) is 7.03. The van der Waals surface area contributed by atoms with E-state index < -0.39 is 52.8 Å². The molecule has 0 radical (unpaired) electrons. The lowest BCUT2D eigenvalue weighted by molar-refractivity contribution is -0.149. The van der Waals surface area contributed by atoms with Crippen LogP contribution >= 0.6 is 11.8 Å². The van der Waals surface area contributed by atoms with Crippen LogP contribution in [0.5, 0.6) is 5.75 Å². The second-order valence-electron chi connectivity index (χ2n) is 10.00. The van der Waals surface area contributed by atoms with Gasteiger partial charge in [-0.05, 0) is 41.3 Å². The average molecular weight is 634 g/mol. The fourth-order valence-corrected chi connectivity index (χ4v) is 5.95. The molecule has 0 spiro atoms. The molecule has 3 aromatic carbocycles. The van der Waals surface area contributed by atoms with Gasteiger partial charge in [-0.3, -0.25) is 14.3 Å². The first-order valence-corrected chi connectivity index (χ1v) is 14.3. The maximum absolute atomic E-state index is 14.1. The molecule has 0 aliphatic carbocycles. The number of nitrogens with one attached hydrogen (secondary N) is 2. The molecular weight excluding hydrogens is 608 g/mol. The van der Waals surface area contributed by atoms with Crippen LogP contribution in [-0.2, 0) is 18.5 Å². The minimum absolute atomic E-state index is 0.00769. The summed E-state index contributed by atoms with van der Waals surface area (Å²) in [7, 11) is 0. The third kappa shape index (κ3) is 6.57. The molecule has 2 N–H and O–H groups in total. The highest BCUT2D eigenvalue weighted by Crippen LogP contribution is 2.44. The van der Waals surface area contributed by atoms with Crippen molar-refractivity contribution in [2.24, 2.45) is 0 Å². The van der Waals surface area contributed by atoms with E-state index in [0.29, 0.717) is 16.0 Å². The lowest BCUT2D eigenvalue weighted by atomic mass is 9.92. The first-order chi connectivity index (χ1) is 20.8. The Morgan fingerprint density at radius 3 is 2.34 bits per heavy atom. The molecule has 230 valence electrons. The number of alkyl halides is 6. The Hall–Kier alpha value is -4.39. The predicted octanol–water partition coefficient (Wildman–Crippen LogP) is 7.07. The Kier molecular flexibility index (Phi) is 8.69. The van der Waals surface area contributed by atoms with Crippen molar-refractivity contribution in [1.82, 2.24) is 9.99 Å². The maximum Gasteiger partial charge on any atom is 0.416 e. The smallest absolute Gasteiger partial charge is 0.416 e. The number of hydrogen-bond donors (Lipinski definition) is 2. The first kappa shape index (κ1) is 31.0. The second-order valence-corrected chi connectivity index (χ2v) is 11.0. The molecule has 0 saturated carbocycles. The molecule has 5 rings (SSSR count). The number of pyridine rings is 1. The van der Waals surface area contributed by atoms with Crippen LogP contribution in [0.15, 0.2) is 94.7 Å². The van der Waals surface area contributed by atoms with E-state index in [2.05, 4.69) is 5.43 Å². The molecule has 1 aliphatic rings. The molecule has 0 bridgehead atoms. The van der Waals surface area contributed by atoms with Gasteiger partial charge in [-0.2, -0.15) is 26.3 Å². The van der Waals surface area contributed by atoms with Crippen LogP contribution in [0.25, 0.3) is 0 Å². The fourth-order valence-electron chi connectivity index (χ4n) is 4.80. The van der Waals surface area contributed by atoms with E-state index in [1.807, 2.05) is 5.32 Å². The van der Waals surface area contributed by atoms with Gasteiger partial charge in [-0.25, -0.2) is 0 Å². The number of benzene rings is 3. The maximum atomic E-state index is 14.1. The van der Waals surface area contributed by atoms with Crippen LogP contribution in [0.2, 0.25) is 0 Å². The molecule has 0 saturated heterocycles. The van der Waals surface area contributed by atoms with Gasteiger partial charge < -0.3 is 15.5 Å². The van der Waals surface area contributed by atoms with Crippen LogP contribution < -0.4 is 20.9 Å². The number of carbonyl (C=O) groups excluding carboxylic acids is 1. The zero-order valence-corrected chi connectivity index (χ0v) is 23.8. The standard InChI is InChI=1S/C31H25F6N3O3S/c1-18(30(32,33)34)38-29(42)27-28(43-16-19-8-3-2-4-9-19)24(41)14-15-40(27)39-26-20-11-7-12-23(31(35,36)37)22(20)17-44-25-13-6-5-10-21(25)26/h2-15,18,26,39H,16-17H2,1H3,(H,38,42)/t18-,26?/m1/s1. The van der Waals surface area contributed by atoms with Crippen molar-refractivity contribution in [3.8, 4) is 5.75 Å². The van der Waals surface area contributed by atoms with Crippen molar-refractivity contribution in [1.29, 1.82) is 0 Å². The van der Waals surface area contributed by atoms with E-state index in [1.54, 1.807) is 54.6 Å². The quantitative estimate of drug-likeness (QED) is 0.213. The van der Waals surface area contributed by atoms with Crippen molar-refractivity contribution in [2.75, 3.05) is 5.43 Å².